The number of nitrogens with zero attached hydrogens (tertiary/aromatic N) is 1. The molecule has 2 unspecified atom stereocenters. The highest BCUT2D eigenvalue weighted by atomic mass is 79.9. The summed E-state index contributed by atoms with van der Waals surface area (Å²) < 4.78 is 32.5. The first kappa shape index (κ1) is 17.2. The van der Waals surface area contributed by atoms with E-state index >= 15 is 0 Å². The molecule has 2 rings (SSSR count). The van der Waals surface area contributed by atoms with E-state index in [2.05, 4.69) is 15.9 Å². The lowest BCUT2D eigenvalue weighted by molar-refractivity contribution is -0.143. The summed E-state index contributed by atoms with van der Waals surface area (Å²) in [6, 6.07) is 4.60. The Labute approximate surface area is 138 Å². The second-order valence-corrected chi connectivity index (χ2v) is 8.38. The van der Waals surface area contributed by atoms with Crippen LogP contribution in [-0.2, 0) is 14.8 Å². The number of carboxylic acids is 1. The molecule has 0 bridgehead atoms. The van der Waals surface area contributed by atoms with Crippen molar-refractivity contribution in [1.82, 2.24) is 4.31 Å². The summed E-state index contributed by atoms with van der Waals surface area (Å²) in [4.78, 5) is 11.3. The third-order valence-electron chi connectivity index (χ3n) is 3.69. The number of carboxylic acid groups (broad SMARTS) is 1. The van der Waals surface area contributed by atoms with Crippen LogP contribution in [0.2, 0.25) is 0 Å². The highest BCUT2D eigenvalue weighted by Gasteiger charge is 2.36. The SMILES string of the molecule is COc1cc(Br)cc(S(=O)(=O)N2CC(C)CC(C(=O)O)C2)c1. The van der Waals surface area contributed by atoms with Gasteiger partial charge in [-0.2, -0.15) is 4.31 Å². The molecule has 1 fully saturated rings. The van der Waals surface area contributed by atoms with E-state index in [-0.39, 0.29) is 17.4 Å². The Hall–Kier alpha value is -1.12. The summed E-state index contributed by atoms with van der Waals surface area (Å²) in [5.74, 6) is -1.21. The molecule has 8 heteroatoms. The molecule has 0 aliphatic carbocycles. The number of aliphatic carboxylic acids is 1. The van der Waals surface area contributed by atoms with Crippen molar-refractivity contribution in [3.63, 3.8) is 0 Å². The quantitative estimate of drug-likeness (QED) is 0.849. The van der Waals surface area contributed by atoms with Crippen molar-refractivity contribution in [1.29, 1.82) is 0 Å². The number of halogens is 1. The van der Waals surface area contributed by atoms with Gasteiger partial charge in [-0.3, -0.25) is 4.79 Å². The Morgan fingerprint density at radius 3 is 2.64 bits per heavy atom. The van der Waals surface area contributed by atoms with Crippen LogP contribution in [0.5, 0.6) is 5.75 Å². The maximum atomic E-state index is 12.8. The molecule has 6 nitrogen and oxygen atoms in total. The normalized spacial score (nSPS) is 23.2. The van der Waals surface area contributed by atoms with E-state index in [0.29, 0.717) is 23.2 Å². The van der Waals surface area contributed by atoms with Crippen LogP contribution in [0.4, 0.5) is 0 Å². The van der Waals surface area contributed by atoms with Crippen LogP contribution in [0.25, 0.3) is 0 Å². The van der Waals surface area contributed by atoms with Gasteiger partial charge in [-0.05, 0) is 24.5 Å². The third kappa shape index (κ3) is 3.61. The van der Waals surface area contributed by atoms with Gasteiger partial charge in [0.1, 0.15) is 5.75 Å². The van der Waals surface area contributed by atoms with Gasteiger partial charge >= 0.3 is 5.97 Å². The van der Waals surface area contributed by atoms with Gasteiger partial charge < -0.3 is 9.84 Å². The molecule has 1 aromatic carbocycles. The smallest absolute Gasteiger partial charge is 0.307 e. The predicted molar refractivity (Wildman–Crippen MR) is 84.4 cm³/mol. The van der Waals surface area contributed by atoms with E-state index in [4.69, 9.17) is 4.74 Å². The highest BCUT2D eigenvalue weighted by molar-refractivity contribution is 9.10. The molecule has 1 heterocycles. The molecule has 0 amide bonds. The molecular weight excluding hydrogens is 374 g/mol. The highest BCUT2D eigenvalue weighted by Crippen LogP contribution is 2.30. The number of sulfonamides is 1. The molecule has 122 valence electrons. The van der Waals surface area contributed by atoms with E-state index in [1.165, 1.54) is 23.5 Å². The lowest BCUT2D eigenvalue weighted by atomic mass is 9.92. The van der Waals surface area contributed by atoms with Gasteiger partial charge in [-0.1, -0.05) is 22.9 Å². The summed E-state index contributed by atoms with van der Waals surface area (Å²) in [7, 11) is -2.30. The van der Waals surface area contributed by atoms with Crippen molar-refractivity contribution in [3.8, 4) is 5.75 Å². The van der Waals surface area contributed by atoms with E-state index in [9.17, 15) is 18.3 Å². The Kier molecular flexibility index (Phi) is 5.14. The minimum Gasteiger partial charge on any atom is -0.497 e. The molecule has 0 spiro atoms. The van der Waals surface area contributed by atoms with Crippen LogP contribution in [0.1, 0.15) is 13.3 Å². The van der Waals surface area contributed by atoms with Gasteiger partial charge in [0.15, 0.2) is 0 Å². The summed E-state index contributed by atoms with van der Waals surface area (Å²) in [5, 5.41) is 9.19. The largest absolute Gasteiger partial charge is 0.497 e. The fraction of sp³-hybridized carbons (Fsp3) is 0.500. The van der Waals surface area contributed by atoms with Crippen LogP contribution >= 0.6 is 15.9 Å². The van der Waals surface area contributed by atoms with Gasteiger partial charge in [-0.15, -0.1) is 0 Å². The van der Waals surface area contributed by atoms with Crippen molar-refractivity contribution in [2.75, 3.05) is 20.2 Å². The zero-order valence-electron chi connectivity index (χ0n) is 12.3. The van der Waals surface area contributed by atoms with Crippen molar-refractivity contribution < 1.29 is 23.1 Å². The Bertz CT molecular complexity index is 676. The molecule has 0 radical (unpaired) electrons. The molecule has 2 atom stereocenters. The monoisotopic (exact) mass is 391 g/mol. The minimum atomic E-state index is -3.76. The molecule has 1 aliphatic rings. The topological polar surface area (TPSA) is 83.9 Å². The van der Waals surface area contributed by atoms with Gasteiger partial charge in [0, 0.05) is 23.6 Å². The van der Waals surface area contributed by atoms with Crippen molar-refractivity contribution >= 4 is 31.9 Å². The van der Waals surface area contributed by atoms with Gasteiger partial charge in [0.2, 0.25) is 10.0 Å². The zero-order valence-corrected chi connectivity index (χ0v) is 14.7. The number of ether oxygens (including phenoxy) is 1. The molecule has 1 aliphatic heterocycles. The maximum Gasteiger partial charge on any atom is 0.307 e. The zero-order chi connectivity index (χ0) is 16.5. The van der Waals surface area contributed by atoms with Gasteiger partial charge in [-0.25, -0.2) is 8.42 Å². The first-order valence-corrected chi connectivity index (χ1v) is 9.05. The fourth-order valence-corrected chi connectivity index (χ4v) is 4.92. The number of rotatable bonds is 4. The Morgan fingerprint density at radius 1 is 1.36 bits per heavy atom. The molecule has 1 N–H and O–H groups in total. The third-order valence-corrected chi connectivity index (χ3v) is 5.96. The first-order chi connectivity index (χ1) is 10.2. The Morgan fingerprint density at radius 2 is 2.05 bits per heavy atom. The molecule has 0 saturated carbocycles. The van der Waals surface area contributed by atoms with E-state index < -0.39 is 21.9 Å². The van der Waals surface area contributed by atoms with E-state index in [0.717, 1.165) is 0 Å². The predicted octanol–water partition coefficient (Wildman–Crippen LogP) is 2.19. The van der Waals surface area contributed by atoms with E-state index in [1.54, 1.807) is 6.07 Å². The summed E-state index contributed by atoms with van der Waals surface area (Å²) in [5.41, 5.74) is 0. The molecule has 0 aromatic heterocycles. The van der Waals surface area contributed by atoms with Crippen LogP contribution in [0.3, 0.4) is 0 Å². The van der Waals surface area contributed by atoms with Crippen molar-refractivity contribution in [2.45, 2.75) is 18.2 Å². The number of methoxy groups -OCH3 is 1. The molecule has 22 heavy (non-hydrogen) atoms. The molecular formula is C14H18BrNO5S. The van der Waals surface area contributed by atoms with Crippen LogP contribution in [-0.4, -0.2) is 44.0 Å². The average molecular weight is 392 g/mol. The maximum absolute atomic E-state index is 12.8. The number of carbonyl (C=O) groups is 1. The standard InChI is InChI=1S/C14H18BrNO5S/c1-9-3-10(14(17)18)8-16(7-9)22(19,20)13-5-11(15)4-12(6-13)21-2/h4-6,9-10H,3,7-8H2,1-2H3,(H,17,18). The van der Waals surface area contributed by atoms with Crippen molar-refractivity contribution in [2.24, 2.45) is 11.8 Å². The second kappa shape index (κ2) is 6.55. The first-order valence-electron chi connectivity index (χ1n) is 6.81. The summed E-state index contributed by atoms with van der Waals surface area (Å²) in [6.07, 6.45) is 0.489. The number of benzene rings is 1. The van der Waals surface area contributed by atoms with Crippen LogP contribution < -0.4 is 4.74 Å². The van der Waals surface area contributed by atoms with Gasteiger partial charge in [0.25, 0.3) is 0 Å². The number of hydrogen-bond donors (Lipinski definition) is 1. The minimum absolute atomic E-state index is 0.00123. The summed E-state index contributed by atoms with van der Waals surface area (Å²) in [6.45, 7) is 2.18. The van der Waals surface area contributed by atoms with Crippen LogP contribution in [0.15, 0.2) is 27.6 Å². The lowest BCUT2D eigenvalue weighted by Crippen LogP contribution is -2.45. The Balaban J connectivity index is 2.37. The summed E-state index contributed by atoms with van der Waals surface area (Å²) >= 11 is 3.26. The van der Waals surface area contributed by atoms with Gasteiger partial charge in [0.05, 0.1) is 17.9 Å². The fourth-order valence-electron chi connectivity index (χ4n) is 2.63. The van der Waals surface area contributed by atoms with Crippen molar-refractivity contribution in [3.05, 3.63) is 22.7 Å². The second-order valence-electron chi connectivity index (χ2n) is 5.52. The number of piperidine rings is 1. The number of hydrogen-bond acceptors (Lipinski definition) is 4. The molecule has 1 aromatic rings. The van der Waals surface area contributed by atoms with E-state index in [1.807, 2.05) is 6.92 Å². The average Bonchev–Trinajstić information content (AvgIpc) is 2.45. The molecule has 1 saturated heterocycles. The van der Waals surface area contributed by atoms with Crippen LogP contribution in [0, 0.1) is 11.8 Å². The lowest BCUT2D eigenvalue weighted by Gasteiger charge is -2.33.